The van der Waals surface area contributed by atoms with Crippen molar-refractivity contribution in [3.8, 4) is 0 Å². The number of benzene rings is 1. The van der Waals surface area contributed by atoms with Crippen molar-refractivity contribution in [1.82, 2.24) is 14.9 Å². The van der Waals surface area contributed by atoms with Gasteiger partial charge in [0.15, 0.2) is 0 Å². The third kappa shape index (κ3) is 4.68. The summed E-state index contributed by atoms with van der Waals surface area (Å²) in [5.74, 6) is -1.32. The third-order valence-electron chi connectivity index (χ3n) is 5.35. The summed E-state index contributed by atoms with van der Waals surface area (Å²) in [4.78, 5) is 24.3. The first kappa shape index (κ1) is 19.8. The smallest absolute Gasteiger partial charge is 0.309 e. The molecule has 1 saturated heterocycles. The van der Waals surface area contributed by atoms with Crippen LogP contribution in [0.2, 0.25) is 0 Å². The van der Waals surface area contributed by atoms with Gasteiger partial charge in [0.25, 0.3) is 0 Å². The Morgan fingerprint density at radius 1 is 1.04 bits per heavy atom. The van der Waals surface area contributed by atoms with Gasteiger partial charge in [-0.2, -0.15) is 4.31 Å². The maximum Gasteiger partial charge on any atom is 0.309 e. The Bertz CT molecular complexity index is 786. The Morgan fingerprint density at radius 2 is 1.70 bits per heavy atom. The molecule has 2 amide bonds. The molecule has 27 heavy (non-hydrogen) atoms. The summed E-state index contributed by atoms with van der Waals surface area (Å²) in [6.45, 7) is 2.47. The monoisotopic (exact) mass is 393 g/mol. The molecule has 8 heteroatoms. The minimum absolute atomic E-state index is 0.0770. The molecule has 7 nitrogen and oxygen atoms in total. The average molecular weight is 394 g/mol. The molecule has 2 aliphatic rings. The summed E-state index contributed by atoms with van der Waals surface area (Å²) in [7, 11) is -3.61. The lowest BCUT2D eigenvalue weighted by molar-refractivity contribution is -0.139. The van der Waals surface area contributed by atoms with E-state index in [1.54, 1.807) is 24.3 Å². The van der Waals surface area contributed by atoms with E-state index in [9.17, 15) is 18.0 Å². The summed E-state index contributed by atoms with van der Waals surface area (Å²) >= 11 is 0. The predicted molar refractivity (Wildman–Crippen MR) is 102 cm³/mol. The lowest BCUT2D eigenvalue weighted by Gasteiger charge is -2.24. The van der Waals surface area contributed by atoms with E-state index in [2.05, 4.69) is 10.6 Å². The number of carbonyl (C=O) groups is 2. The number of sulfonamides is 1. The fourth-order valence-corrected chi connectivity index (χ4v) is 5.48. The summed E-state index contributed by atoms with van der Waals surface area (Å²) in [5, 5.41) is 5.35. The molecule has 0 bridgehead atoms. The van der Waals surface area contributed by atoms with Crippen molar-refractivity contribution in [2.75, 3.05) is 13.1 Å². The Labute approximate surface area is 160 Å². The molecular weight excluding hydrogens is 366 g/mol. The fourth-order valence-electron chi connectivity index (χ4n) is 3.79. The van der Waals surface area contributed by atoms with Crippen molar-refractivity contribution in [2.45, 2.75) is 62.4 Å². The molecule has 1 saturated carbocycles. The quantitative estimate of drug-likeness (QED) is 0.738. The standard InChI is InChI=1S/C19H27N3O4S/c1-14-8-10-17(11-9-14)27(25,26)22-12-4-7-16(22)13-20-18(23)19(24)21-15-5-2-3-6-15/h8-11,15-16H,2-7,12-13H2,1H3,(H,20,23)(H,21,24)/t16-/m0/s1. The van der Waals surface area contributed by atoms with Gasteiger partial charge < -0.3 is 10.6 Å². The van der Waals surface area contributed by atoms with Crippen LogP contribution in [0.15, 0.2) is 29.2 Å². The first-order valence-electron chi connectivity index (χ1n) is 9.55. The minimum atomic E-state index is -3.61. The van der Waals surface area contributed by atoms with E-state index in [-0.39, 0.29) is 23.5 Å². The van der Waals surface area contributed by atoms with Crippen molar-refractivity contribution >= 4 is 21.8 Å². The van der Waals surface area contributed by atoms with Crippen molar-refractivity contribution in [1.29, 1.82) is 0 Å². The lowest BCUT2D eigenvalue weighted by atomic mass is 10.2. The second-order valence-corrected chi connectivity index (χ2v) is 9.28. The Morgan fingerprint density at radius 3 is 2.37 bits per heavy atom. The summed E-state index contributed by atoms with van der Waals surface area (Å²) in [6.07, 6.45) is 5.35. The third-order valence-corrected chi connectivity index (χ3v) is 7.31. The average Bonchev–Trinajstić information content (AvgIpc) is 3.31. The number of hydrogen-bond donors (Lipinski definition) is 2. The van der Waals surface area contributed by atoms with E-state index in [4.69, 9.17) is 0 Å². The van der Waals surface area contributed by atoms with Gasteiger partial charge in [0, 0.05) is 25.2 Å². The van der Waals surface area contributed by atoms with Gasteiger partial charge in [-0.15, -0.1) is 0 Å². The number of hydrogen-bond acceptors (Lipinski definition) is 4. The maximum atomic E-state index is 12.9. The topological polar surface area (TPSA) is 95.6 Å². The van der Waals surface area contributed by atoms with Crippen LogP contribution in [-0.4, -0.2) is 49.7 Å². The van der Waals surface area contributed by atoms with E-state index in [1.807, 2.05) is 6.92 Å². The number of nitrogens with one attached hydrogen (secondary N) is 2. The first-order valence-corrected chi connectivity index (χ1v) is 11.0. The van der Waals surface area contributed by atoms with Gasteiger partial charge in [0.05, 0.1) is 4.90 Å². The van der Waals surface area contributed by atoms with Crippen LogP contribution >= 0.6 is 0 Å². The second-order valence-electron chi connectivity index (χ2n) is 7.39. The van der Waals surface area contributed by atoms with Gasteiger partial charge in [0.1, 0.15) is 0 Å². The van der Waals surface area contributed by atoms with E-state index < -0.39 is 21.8 Å². The molecule has 0 radical (unpaired) electrons. The second kappa shape index (κ2) is 8.39. The lowest BCUT2D eigenvalue weighted by Crippen LogP contribution is -2.48. The maximum absolute atomic E-state index is 12.9. The van der Waals surface area contributed by atoms with E-state index in [0.717, 1.165) is 37.7 Å². The van der Waals surface area contributed by atoms with Crippen LogP contribution in [0.3, 0.4) is 0 Å². The highest BCUT2D eigenvalue weighted by Crippen LogP contribution is 2.26. The summed E-state index contributed by atoms with van der Waals surface area (Å²) < 4.78 is 27.2. The van der Waals surface area contributed by atoms with Gasteiger partial charge in [-0.25, -0.2) is 8.42 Å². The number of amides is 2. The van der Waals surface area contributed by atoms with Gasteiger partial charge in [0.2, 0.25) is 10.0 Å². The van der Waals surface area contributed by atoms with Gasteiger partial charge >= 0.3 is 11.8 Å². The molecule has 1 aromatic carbocycles. The van der Waals surface area contributed by atoms with Crippen LogP contribution in [0.4, 0.5) is 0 Å². The van der Waals surface area contributed by atoms with E-state index >= 15 is 0 Å². The fraction of sp³-hybridized carbons (Fsp3) is 0.579. The van der Waals surface area contributed by atoms with Crippen LogP contribution in [0.25, 0.3) is 0 Å². The van der Waals surface area contributed by atoms with Crippen LogP contribution in [0.5, 0.6) is 0 Å². The van der Waals surface area contributed by atoms with Crippen molar-refractivity contribution in [2.24, 2.45) is 0 Å². The molecule has 1 aliphatic carbocycles. The molecule has 0 unspecified atom stereocenters. The number of rotatable bonds is 5. The molecular formula is C19H27N3O4S. The van der Waals surface area contributed by atoms with Gasteiger partial charge in [-0.05, 0) is 44.7 Å². The summed E-state index contributed by atoms with van der Waals surface area (Å²) in [6, 6.07) is 6.49. The number of carbonyl (C=O) groups excluding carboxylic acids is 2. The largest absolute Gasteiger partial charge is 0.346 e. The molecule has 3 rings (SSSR count). The zero-order valence-corrected chi connectivity index (χ0v) is 16.4. The molecule has 1 atom stereocenters. The SMILES string of the molecule is Cc1ccc(S(=O)(=O)N2CCC[C@H]2CNC(=O)C(=O)NC2CCCC2)cc1. The van der Waals surface area contributed by atoms with Gasteiger partial charge in [-0.1, -0.05) is 30.5 Å². The minimum Gasteiger partial charge on any atom is -0.346 e. The first-order chi connectivity index (χ1) is 12.9. The number of aryl methyl sites for hydroxylation is 1. The van der Waals surface area contributed by atoms with Crippen LogP contribution in [0.1, 0.15) is 44.1 Å². The molecule has 2 N–H and O–H groups in total. The highest BCUT2D eigenvalue weighted by atomic mass is 32.2. The summed E-state index contributed by atoms with van der Waals surface area (Å²) in [5.41, 5.74) is 0.993. The van der Waals surface area contributed by atoms with Crippen molar-refractivity contribution < 1.29 is 18.0 Å². The Hall–Kier alpha value is -1.93. The molecule has 1 aromatic rings. The highest BCUT2D eigenvalue weighted by Gasteiger charge is 2.35. The molecule has 0 aromatic heterocycles. The van der Waals surface area contributed by atoms with E-state index in [1.165, 1.54) is 4.31 Å². The predicted octanol–water partition coefficient (Wildman–Crippen LogP) is 1.32. The molecule has 0 spiro atoms. The molecule has 2 fully saturated rings. The Balaban J connectivity index is 1.58. The Kier molecular flexibility index (Phi) is 6.16. The molecule has 1 aliphatic heterocycles. The molecule has 148 valence electrons. The van der Waals surface area contributed by atoms with E-state index in [0.29, 0.717) is 13.0 Å². The zero-order chi connectivity index (χ0) is 19.4. The molecule has 1 heterocycles. The van der Waals surface area contributed by atoms with Gasteiger partial charge in [-0.3, -0.25) is 9.59 Å². The van der Waals surface area contributed by atoms with Crippen molar-refractivity contribution in [3.05, 3.63) is 29.8 Å². The van der Waals surface area contributed by atoms with Crippen LogP contribution in [-0.2, 0) is 19.6 Å². The number of nitrogens with zero attached hydrogens (tertiary/aromatic N) is 1. The van der Waals surface area contributed by atoms with Crippen LogP contribution < -0.4 is 10.6 Å². The van der Waals surface area contributed by atoms with Crippen molar-refractivity contribution in [3.63, 3.8) is 0 Å². The zero-order valence-electron chi connectivity index (χ0n) is 15.6. The highest BCUT2D eigenvalue weighted by molar-refractivity contribution is 7.89. The van der Waals surface area contributed by atoms with Crippen LogP contribution in [0, 0.1) is 6.92 Å². The normalized spacial score (nSPS) is 21.3.